The summed E-state index contributed by atoms with van der Waals surface area (Å²) in [6.45, 7) is 6.51. The molecule has 1 aliphatic carbocycles. The van der Waals surface area contributed by atoms with E-state index in [0.717, 1.165) is 45.3 Å². The molecule has 0 spiro atoms. The Morgan fingerprint density at radius 1 is 1.28 bits per heavy atom. The highest BCUT2D eigenvalue weighted by atomic mass is 16.6. The molecule has 25 heavy (non-hydrogen) atoms. The molecule has 1 aromatic rings. The first-order chi connectivity index (χ1) is 12.1. The molecule has 7 heteroatoms. The summed E-state index contributed by atoms with van der Waals surface area (Å²) in [5.41, 5.74) is 0.775. The Labute approximate surface area is 147 Å². The predicted octanol–water partition coefficient (Wildman–Crippen LogP) is 2.55. The third-order valence-corrected chi connectivity index (χ3v) is 4.70. The second-order valence-electron chi connectivity index (χ2n) is 6.74. The third-order valence-electron chi connectivity index (χ3n) is 4.70. The number of amides is 1. The maximum atomic E-state index is 12.1. The van der Waals surface area contributed by atoms with Crippen molar-refractivity contribution in [2.45, 2.75) is 37.8 Å². The normalized spacial score (nSPS) is 18.6. The predicted molar refractivity (Wildman–Crippen MR) is 96.9 cm³/mol. The van der Waals surface area contributed by atoms with Crippen LogP contribution in [0.2, 0.25) is 0 Å². The molecular weight excluding hydrogens is 320 g/mol. The molecule has 134 valence electrons. The Hall–Kier alpha value is -2.41. The van der Waals surface area contributed by atoms with Crippen LogP contribution in [-0.4, -0.2) is 47.4 Å². The summed E-state index contributed by atoms with van der Waals surface area (Å²) < 4.78 is 0. The van der Waals surface area contributed by atoms with Crippen LogP contribution in [0, 0.1) is 10.1 Å². The molecular formula is C18H24N4O3. The van der Waals surface area contributed by atoms with Crippen molar-refractivity contribution in [1.82, 2.24) is 10.2 Å². The average Bonchev–Trinajstić information content (AvgIpc) is 3.41. The van der Waals surface area contributed by atoms with Gasteiger partial charge in [0.15, 0.2) is 0 Å². The first-order valence-corrected chi connectivity index (χ1v) is 8.76. The number of piperidine rings is 1. The molecule has 7 nitrogen and oxygen atoms in total. The Kier molecular flexibility index (Phi) is 5.33. The van der Waals surface area contributed by atoms with E-state index in [4.69, 9.17) is 0 Å². The maximum Gasteiger partial charge on any atom is 0.293 e. The molecule has 0 aromatic heterocycles. The summed E-state index contributed by atoms with van der Waals surface area (Å²) in [5.74, 6) is -0.241. The van der Waals surface area contributed by atoms with Crippen LogP contribution in [0.4, 0.5) is 11.4 Å². The number of hydrogen-bond donors (Lipinski definition) is 2. The zero-order valence-corrected chi connectivity index (χ0v) is 14.2. The SMILES string of the molecule is C=CCN1CCC(Nc2ccc(C(=O)NC3CC3)cc2[N+](=O)[O-])CC1. The fraction of sp³-hybridized carbons (Fsp3) is 0.500. The molecule has 0 atom stereocenters. The molecule has 0 unspecified atom stereocenters. The van der Waals surface area contributed by atoms with E-state index < -0.39 is 4.92 Å². The number of carbonyl (C=O) groups excluding carboxylic acids is 1. The highest BCUT2D eigenvalue weighted by molar-refractivity contribution is 5.96. The molecule has 1 amide bonds. The van der Waals surface area contributed by atoms with Crippen LogP contribution in [0.25, 0.3) is 0 Å². The minimum absolute atomic E-state index is 0.0445. The second kappa shape index (κ2) is 7.65. The number of nitro groups is 1. The first-order valence-electron chi connectivity index (χ1n) is 8.76. The van der Waals surface area contributed by atoms with Crippen LogP contribution in [-0.2, 0) is 0 Å². The summed E-state index contributed by atoms with van der Waals surface area (Å²) in [4.78, 5) is 25.4. The highest BCUT2D eigenvalue weighted by Gasteiger charge is 2.26. The molecule has 2 fully saturated rings. The summed E-state index contributed by atoms with van der Waals surface area (Å²) in [5, 5.41) is 17.6. The summed E-state index contributed by atoms with van der Waals surface area (Å²) in [7, 11) is 0. The number of nitrogens with one attached hydrogen (secondary N) is 2. The van der Waals surface area contributed by atoms with E-state index in [1.165, 1.54) is 6.07 Å². The van der Waals surface area contributed by atoms with Gasteiger partial charge in [-0.15, -0.1) is 6.58 Å². The molecule has 2 N–H and O–H groups in total. The highest BCUT2D eigenvalue weighted by Crippen LogP contribution is 2.28. The lowest BCUT2D eigenvalue weighted by Gasteiger charge is -2.32. The molecule has 1 saturated heterocycles. The van der Waals surface area contributed by atoms with Crippen molar-refractivity contribution in [2.75, 3.05) is 25.0 Å². The quantitative estimate of drug-likeness (QED) is 0.451. The lowest BCUT2D eigenvalue weighted by molar-refractivity contribution is -0.384. The monoisotopic (exact) mass is 344 g/mol. The van der Waals surface area contributed by atoms with E-state index in [1.54, 1.807) is 12.1 Å². The van der Waals surface area contributed by atoms with Crippen LogP contribution >= 0.6 is 0 Å². The fourth-order valence-electron chi connectivity index (χ4n) is 3.10. The molecule has 3 rings (SSSR count). The topological polar surface area (TPSA) is 87.5 Å². The zero-order valence-electron chi connectivity index (χ0n) is 14.2. The summed E-state index contributed by atoms with van der Waals surface area (Å²) in [6, 6.07) is 5.10. The molecule has 1 saturated carbocycles. The first kappa shape index (κ1) is 17.4. The minimum Gasteiger partial charge on any atom is -0.377 e. The number of benzene rings is 1. The van der Waals surface area contributed by atoms with E-state index in [2.05, 4.69) is 22.1 Å². The third kappa shape index (κ3) is 4.57. The van der Waals surface area contributed by atoms with E-state index >= 15 is 0 Å². The van der Waals surface area contributed by atoms with Crippen LogP contribution < -0.4 is 10.6 Å². The van der Waals surface area contributed by atoms with Crippen molar-refractivity contribution in [3.05, 3.63) is 46.5 Å². The number of hydrogen-bond acceptors (Lipinski definition) is 5. The Morgan fingerprint density at radius 3 is 2.60 bits per heavy atom. The van der Waals surface area contributed by atoms with E-state index in [9.17, 15) is 14.9 Å². The van der Waals surface area contributed by atoms with Gasteiger partial charge in [0.25, 0.3) is 11.6 Å². The van der Waals surface area contributed by atoms with Crippen molar-refractivity contribution in [3.63, 3.8) is 0 Å². The molecule has 0 radical (unpaired) electrons. The van der Waals surface area contributed by atoms with Gasteiger partial charge in [0.05, 0.1) is 4.92 Å². The van der Waals surface area contributed by atoms with Crippen molar-refractivity contribution >= 4 is 17.3 Å². The van der Waals surface area contributed by atoms with Crippen molar-refractivity contribution < 1.29 is 9.72 Å². The van der Waals surface area contributed by atoms with Crippen LogP contribution in [0.15, 0.2) is 30.9 Å². The van der Waals surface area contributed by atoms with Gasteiger partial charge in [0.2, 0.25) is 0 Å². The number of carbonyl (C=O) groups is 1. The van der Waals surface area contributed by atoms with Gasteiger partial charge in [-0.1, -0.05) is 6.08 Å². The Morgan fingerprint density at radius 2 is 2.00 bits per heavy atom. The summed E-state index contributed by atoms with van der Waals surface area (Å²) >= 11 is 0. The molecule has 1 heterocycles. The van der Waals surface area contributed by atoms with Gasteiger partial charge in [-0.05, 0) is 37.8 Å². The standard InChI is InChI=1S/C18H24N4O3/c1-2-9-21-10-7-15(8-11-21)19-16-6-3-13(12-17(16)22(24)25)18(23)20-14-4-5-14/h2-3,6,12,14-15,19H,1,4-5,7-11H2,(H,20,23). The van der Waals surface area contributed by atoms with Gasteiger partial charge in [0.1, 0.15) is 5.69 Å². The van der Waals surface area contributed by atoms with Gasteiger partial charge in [-0.3, -0.25) is 19.8 Å². The zero-order chi connectivity index (χ0) is 17.8. The van der Waals surface area contributed by atoms with Gasteiger partial charge >= 0.3 is 0 Å². The van der Waals surface area contributed by atoms with Crippen LogP contribution in [0.5, 0.6) is 0 Å². The van der Waals surface area contributed by atoms with Crippen molar-refractivity contribution in [2.24, 2.45) is 0 Å². The minimum atomic E-state index is -0.427. The number of likely N-dealkylation sites (tertiary alicyclic amines) is 1. The Bertz CT molecular complexity index is 664. The van der Waals surface area contributed by atoms with Crippen molar-refractivity contribution in [3.8, 4) is 0 Å². The van der Waals surface area contributed by atoms with Gasteiger partial charge in [0, 0.05) is 43.3 Å². The van der Waals surface area contributed by atoms with E-state index in [1.807, 2.05) is 6.08 Å². The second-order valence-corrected chi connectivity index (χ2v) is 6.74. The van der Waals surface area contributed by atoms with Gasteiger partial charge in [-0.25, -0.2) is 0 Å². The van der Waals surface area contributed by atoms with E-state index in [0.29, 0.717) is 11.3 Å². The lowest BCUT2D eigenvalue weighted by Crippen LogP contribution is -2.39. The molecule has 1 aromatic carbocycles. The largest absolute Gasteiger partial charge is 0.377 e. The van der Waals surface area contributed by atoms with E-state index in [-0.39, 0.29) is 23.7 Å². The lowest BCUT2D eigenvalue weighted by atomic mass is 10.0. The van der Waals surface area contributed by atoms with Crippen molar-refractivity contribution in [1.29, 1.82) is 0 Å². The smallest absolute Gasteiger partial charge is 0.293 e. The number of nitro benzene ring substituents is 1. The van der Waals surface area contributed by atoms with Gasteiger partial charge in [-0.2, -0.15) is 0 Å². The summed E-state index contributed by atoms with van der Waals surface area (Å²) in [6.07, 6.45) is 5.71. The molecule has 2 aliphatic rings. The molecule has 1 aliphatic heterocycles. The average molecular weight is 344 g/mol. The number of anilines is 1. The van der Waals surface area contributed by atoms with Crippen LogP contribution in [0.3, 0.4) is 0 Å². The Balaban J connectivity index is 1.67. The maximum absolute atomic E-state index is 12.1. The number of nitrogens with zero attached hydrogens (tertiary/aromatic N) is 2. The van der Waals surface area contributed by atoms with Crippen LogP contribution in [0.1, 0.15) is 36.0 Å². The van der Waals surface area contributed by atoms with Gasteiger partial charge < -0.3 is 10.6 Å². The molecule has 0 bridgehead atoms. The number of rotatable bonds is 7. The fourth-order valence-corrected chi connectivity index (χ4v) is 3.10.